The fraction of sp³-hybridized carbons (Fsp3) is 0.133. The molecule has 104 valence electrons. The largest absolute Gasteiger partial charge is 0.323 e. The summed E-state index contributed by atoms with van der Waals surface area (Å²) in [6.07, 6.45) is 0. The van der Waals surface area contributed by atoms with Crippen LogP contribution in [0.25, 0.3) is 0 Å². The molecule has 0 heterocycles. The second kappa shape index (κ2) is 6.41. The van der Waals surface area contributed by atoms with E-state index in [9.17, 15) is 4.79 Å². The molecule has 2 aromatic rings. The Morgan fingerprint density at radius 1 is 0.950 bits per heavy atom. The van der Waals surface area contributed by atoms with E-state index in [1.54, 1.807) is 0 Å². The van der Waals surface area contributed by atoms with Gasteiger partial charge in [0.2, 0.25) is 0 Å². The number of anilines is 2. The number of hydrogen-bond acceptors (Lipinski definition) is 1. The van der Waals surface area contributed by atoms with Crippen LogP contribution in [0.1, 0.15) is 11.1 Å². The number of benzene rings is 2. The molecule has 0 unspecified atom stereocenters. The monoisotopic (exact) mass is 396 g/mol. The highest BCUT2D eigenvalue weighted by molar-refractivity contribution is 9.10. The van der Waals surface area contributed by atoms with Gasteiger partial charge in [0.1, 0.15) is 0 Å². The van der Waals surface area contributed by atoms with Crippen LogP contribution >= 0.6 is 31.9 Å². The average Bonchev–Trinajstić information content (AvgIpc) is 2.37. The lowest BCUT2D eigenvalue weighted by Crippen LogP contribution is -2.20. The Balaban J connectivity index is 2.07. The maximum Gasteiger partial charge on any atom is 0.323 e. The highest BCUT2D eigenvalue weighted by Gasteiger charge is 2.06. The number of nitrogens with one attached hydrogen (secondary N) is 2. The molecule has 0 aliphatic carbocycles. The highest BCUT2D eigenvalue weighted by atomic mass is 79.9. The van der Waals surface area contributed by atoms with Crippen molar-refractivity contribution < 1.29 is 4.79 Å². The molecule has 0 saturated heterocycles. The Morgan fingerprint density at radius 2 is 1.70 bits per heavy atom. The quantitative estimate of drug-likeness (QED) is 0.692. The molecule has 0 saturated carbocycles. The van der Waals surface area contributed by atoms with Crippen molar-refractivity contribution in [3.8, 4) is 0 Å². The van der Waals surface area contributed by atoms with Crippen molar-refractivity contribution in [2.24, 2.45) is 0 Å². The average molecular weight is 398 g/mol. The molecule has 5 heteroatoms. The Labute approximate surface area is 135 Å². The third-order valence-corrected chi connectivity index (χ3v) is 4.24. The minimum absolute atomic E-state index is 0.253. The molecule has 0 aliphatic heterocycles. The first kappa shape index (κ1) is 15.1. The second-order valence-electron chi connectivity index (χ2n) is 4.50. The second-order valence-corrected chi connectivity index (χ2v) is 6.27. The van der Waals surface area contributed by atoms with Crippen molar-refractivity contribution in [1.29, 1.82) is 0 Å². The molecule has 0 atom stereocenters. The molecule has 2 N–H and O–H groups in total. The van der Waals surface area contributed by atoms with Crippen LogP contribution in [0.2, 0.25) is 0 Å². The minimum Gasteiger partial charge on any atom is -0.308 e. The number of hydrogen-bond donors (Lipinski definition) is 2. The van der Waals surface area contributed by atoms with Crippen LogP contribution < -0.4 is 10.6 Å². The maximum atomic E-state index is 12.0. The summed E-state index contributed by atoms with van der Waals surface area (Å²) in [4.78, 5) is 12.0. The predicted octanol–water partition coefficient (Wildman–Crippen LogP) is 5.47. The van der Waals surface area contributed by atoms with Crippen LogP contribution in [0.15, 0.2) is 45.3 Å². The fourth-order valence-corrected chi connectivity index (χ4v) is 2.50. The summed E-state index contributed by atoms with van der Waals surface area (Å²) >= 11 is 6.83. The molecule has 2 aromatic carbocycles. The van der Waals surface area contributed by atoms with Gasteiger partial charge < -0.3 is 10.6 Å². The van der Waals surface area contributed by atoms with Crippen molar-refractivity contribution in [2.45, 2.75) is 13.8 Å². The highest BCUT2D eigenvalue weighted by Crippen LogP contribution is 2.22. The fourth-order valence-electron chi connectivity index (χ4n) is 1.77. The van der Waals surface area contributed by atoms with Crippen molar-refractivity contribution in [2.75, 3.05) is 10.6 Å². The van der Waals surface area contributed by atoms with E-state index in [-0.39, 0.29) is 6.03 Å². The summed E-state index contributed by atoms with van der Waals surface area (Å²) < 4.78 is 2.01. The maximum absolute atomic E-state index is 12.0. The number of rotatable bonds is 2. The van der Waals surface area contributed by atoms with Crippen molar-refractivity contribution in [1.82, 2.24) is 0 Å². The van der Waals surface area contributed by atoms with Crippen LogP contribution in [-0.2, 0) is 0 Å². The van der Waals surface area contributed by atoms with E-state index in [0.717, 1.165) is 31.4 Å². The Kier molecular flexibility index (Phi) is 4.83. The lowest BCUT2D eigenvalue weighted by Gasteiger charge is -2.11. The summed E-state index contributed by atoms with van der Waals surface area (Å²) in [5, 5.41) is 5.66. The number of aryl methyl sites for hydroxylation is 2. The van der Waals surface area contributed by atoms with E-state index < -0.39 is 0 Å². The Hall–Kier alpha value is -1.33. The van der Waals surface area contributed by atoms with Gasteiger partial charge in [0.05, 0.1) is 0 Å². The zero-order valence-electron chi connectivity index (χ0n) is 11.1. The van der Waals surface area contributed by atoms with Crippen LogP contribution in [-0.4, -0.2) is 6.03 Å². The van der Waals surface area contributed by atoms with Gasteiger partial charge in [0.15, 0.2) is 0 Å². The van der Waals surface area contributed by atoms with Crippen LogP contribution in [0.4, 0.5) is 16.2 Å². The third-order valence-electron chi connectivity index (χ3n) is 2.85. The van der Waals surface area contributed by atoms with E-state index in [2.05, 4.69) is 42.5 Å². The van der Waals surface area contributed by atoms with Crippen molar-refractivity contribution >= 4 is 49.3 Å². The smallest absolute Gasteiger partial charge is 0.308 e. The standard InChI is InChI=1S/C15H14Br2N2O/c1-9-8-12(4-5-13(9)17)18-15(20)19-14-6-3-11(16)7-10(14)2/h3-8H,1-2H3,(H2,18,19,20). The summed E-state index contributed by atoms with van der Waals surface area (Å²) in [5.41, 5.74) is 3.63. The molecule has 0 aliphatic rings. The van der Waals surface area contributed by atoms with Gasteiger partial charge in [-0.1, -0.05) is 31.9 Å². The molecule has 0 bridgehead atoms. The van der Waals surface area contributed by atoms with E-state index in [1.165, 1.54) is 0 Å². The molecule has 3 nitrogen and oxygen atoms in total. The van der Waals surface area contributed by atoms with Gasteiger partial charge in [0, 0.05) is 20.3 Å². The summed E-state index contributed by atoms with van der Waals surface area (Å²) in [6.45, 7) is 3.93. The summed E-state index contributed by atoms with van der Waals surface area (Å²) in [5.74, 6) is 0. The summed E-state index contributed by atoms with van der Waals surface area (Å²) in [7, 11) is 0. The van der Waals surface area contributed by atoms with Crippen molar-refractivity contribution in [3.05, 3.63) is 56.5 Å². The number of urea groups is 1. The van der Waals surface area contributed by atoms with Crippen molar-refractivity contribution in [3.63, 3.8) is 0 Å². The first-order valence-electron chi connectivity index (χ1n) is 6.06. The molecular formula is C15H14Br2N2O. The van der Waals surface area contributed by atoms with Gasteiger partial charge >= 0.3 is 6.03 Å². The number of amides is 2. The van der Waals surface area contributed by atoms with Crippen LogP contribution in [0.3, 0.4) is 0 Å². The molecule has 20 heavy (non-hydrogen) atoms. The molecule has 0 radical (unpaired) electrons. The zero-order valence-corrected chi connectivity index (χ0v) is 14.3. The first-order chi connectivity index (χ1) is 9.45. The molecule has 2 rings (SSSR count). The molecule has 0 spiro atoms. The van der Waals surface area contributed by atoms with E-state index in [1.807, 2.05) is 50.2 Å². The predicted molar refractivity (Wildman–Crippen MR) is 90.4 cm³/mol. The van der Waals surface area contributed by atoms with Gasteiger partial charge in [-0.15, -0.1) is 0 Å². The Morgan fingerprint density at radius 3 is 2.35 bits per heavy atom. The normalized spacial score (nSPS) is 10.2. The topological polar surface area (TPSA) is 41.1 Å². The molecule has 0 fully saturated rings. The SMILES string of the molecule is Cc1cc(NC(=O)Nc2ccc(Br)cc2C)ccc1Br. The Bertz CT molecular complexity index is 656. The minimum atomic E-state index is -0.253. The van der Waals surface area contributed by atoms with Crippen LogP contribution in [0, 0.1) is 13.8 Å². The van der Waals surface area contributed by atoms with Crippen LogP contribution in [0.5, 0.6) is 0 Å². The molecular weight excluding hydrogens is 384 g/mol. The lowest BCUT2D eigenvalue weighted by molar-refractivity contribution is 0.262. The van der Waals surface area contributed by atoms with Gasteiger partial charge in [-0.2, -0.15) is 0 Å². The van der Waals surface area contributed by atoms with Gasteiger partial charge in [-0.05, 0) is 61.4 Å². The number of carbonyl (C=O) groups excluding carboxylic acids is 1. The summed E-state index contributed by atoms with van der Waals surface area (Å²) in [6, 6.07) is 11.1. The van der Waals surface area contributed by atoms with Gasteiger partial charge in [0.25, 0.3) is 0 Å². The molecule has 2 amide bonds. The lowest BCUT2D eigenvalue weighted by atomic mass is 10.2. The first-order valence-corrected chi connectivity index (χ1v) is 7.64. The van der Waals surface area contributed by atoms with E-state index in [4.69, 9.17) is 0 Å². The zero-order chi connectivity index (χ0) is 14.7. The van der Waals surface area contributed by atoms with E-state index in [0.29, 0.717) is 0 Å². The number of halogens is 2. The number of carbonyl (C=O) groups is 1. The van der Waals surface area contributed by atoms with Gasteiger partial charge in [-0.25, -0.2) is 4.79 Å². The van der Waals surface area contributed by atoms with Gasteiger partial charge in [-0.3, -0.25) is 0 Å². The third kappa shape index (κ3) is 3.84. The van der Waals surface area contributed by atoms with E-state index >= 15 is 0 Å². The molecule has 0 aromatic heterocycles.